The van der Waals surface area contributed by atoms with Crippen LogP contribution in [0.4, 0.5) is 5.82 Å². The Bertz CT molecular complexity index is 645. The third-order valence-electron chi connectivity index (χ3n) is 4.22. The van der Waals surface area contributed by atoms with Gasteiger partial charge in [0.2, 0.25) is 5.91 Å². The summed E-state index contributed by atoms with van der Waals surface area (Å²) in [5.41, 5.74) is 1.73. The van der Waals surface area contributed by atoms with Crippen LogP contribution in [0.15, 0.2) is 18.6 Å². The predicted molar refractivity (Wildman–Crippen MR) is 85.8 cm³/mol. The third kappa shape index (κ3) is 3.37. The number of amides is 1. The Kier molecular flexibility index (Phi) is 4.56. The highest BCUT2D eigenvalue weighted by molar-refractivity contribution is 5.76. The van der Waals surface area contributed by atoms with Crippen molar-refractivity contribution in [2.75, 3.05) is 11.9 Å². The molecule has 1 aliphatic rings. The number of aromatic nitrogens is 3. The molecule has 2 heterocycles. The number of carbonyl (C=O) groups is 1. The van der Waals surface area contributed by atoms with E-state index in [9.17, 15) is 4.79 Å². The zero-order valence-electron chi connectivity index (χ0n) is 13.0. The first-order valence-electron chi connectivity index (χ1n) is 8.06. The van der Waals surface area contributed by atoms with Crippen LogP contribution in [-0.2, 0) is 4.79 Å². The molecule has 6 nitrogen and oxygen atoms in total. The zero-order chi connectivity index (χ0) is 15.4. The molecule has 22 heavy (non-hydrogen) atoms. The van der Waals surface area contributed by atoms with E-state index in [-0.39, 0.29) is 5.91 Å². The van der Waals surface area contributed by atoms with Crippen molar-refractivity contribution in [3.8, 4) is 0 Å². The van der Waals surface area contributed by atoms with E-state index < -0.39 is 0 Å². The van der Waals surface area contributed by atoms with Gasteiger partial charge in [-0.25, -0.2) is 4.98 Å². The molecule has 118 valence electrons. The maximum atomic E-state index is 12.0. The average molecular weight is 301 g/mol. The van der Waals surface area contributed by atoms with Crippen LogP contribution in [0.1, 0.15) is 44.2 Å². The lowest BCUT2D eigenvalue weighted by Crippen LogP contribution is -2.36. The average Bonchev–Trinajstić information content (AvgIpc) is 2.84. The van der Waals surface area contributed by atoms with Gasteiger partial charge in [0.15, 0.2) is 5.65 Å². The molecule has 6 heteroatoms. The molecule has 1 fully saturated rings. The predicted octanol–water partition coefficient (Wildman–Crippen LogP) is 2.29. The normalized spacial score (nSPS) is 15.9. The number of nitrogens with zero attached hydrogens (tertiary/aromatic N) is 3. The quantitative estimate of drug-likeness (QED) is 0.889. The van der Waals surface area contributed by atoms with E-state index in [0.29, 0.717) is 19.0 Å². The van der Waals surface area contributed by atoms with E-state index >= 15 is 0 Å². The second kappa shape index (κ2) is 6.77. The zero-order valence-corrected chi connectivity index (χ0v) is 13.0. The van der Waals surface area contributed by atoms with Crippen LogP contribution < -0.4 is 10.6 Å². The maximum Gasteiger partial charge on any atom is 0.221 e. The van der Waals surface area contributed by atoms with Crippen LogP contribution >= 0.6 is 0 Å². The Hall–Kier alpha value is -2.11. The summed E-state index contributed by atoms with van der Waals surface area (Å²) in [5.74, 6) is 1.07. The molecule has 2 aromatic rings. The fourth-order valence-corrected chi connectivity index (χ4v) is 3.08. The first kappa shape index (κ1) is 14.8. The van der Waals surface area contributed by atoms with Gasteiger partial charge in [0.05, 0.1) is 11.9 Å². The van der Waals surface area contributed by atoms with Crippen LogP contribution in [0.25, 0.3) is 5.65 Å². The van der Waals surface area contributed by atoms with Crippen LogP contribution in [0.3, 0.4) is 0 Å². The molecule has 0 saturated heterocycles. The van der Waals surface area contributed by atoms with E-state index in [1.807, 2.05) is 17.5 Å². The van der Waals surface area contributed by atoms with Crippen molar-refractivity contribution in [3.63, 3.8) is 0 Å². The summed E-state index contributed by atoms with van der Waals surface area (Å²) < 4.78 is 1.96. The molecular weight excluding hydrogens is 278 g/mol. The first-order valence-corrected chi connectivity index (χ1v) is 8.06. The molecule has 0 spiro atoms. The largest absolute Gasteiger partial charge is 0.369 e. The minimum Gasteiger partial charge on any atom is -0.369 e. The molecule has 2 N–H and O–H groups in total. The van der Waals surface area contributed by atoms with E-state index in [4.69, 9.17) is 0 Å². The minimum atomic E-state index is 0.132. The molecule has 1 aliphatic carbocycles. The van der Waals surface area contributed by atoms with Gasteiger partial charge in [0, 0.05) is 31.4 Å². The number of hydrogen-bond acceptors (Lipinski definition) is 4. The van der Waals surface area contributed by atoms with Crippen molar-refractivity contribution in [2.45, 2.75) is 51.5 Å². The van der Waals surface area contributed by atoms with Crippen LogP contribution in [-0.4, -0.2) is 32.9 Å². The highest BCUT2D eigenvalue weighted by Crippen LogP contribution is 2.18. The number of hydrogen-bond donors (Lipinski definition) is 2. The Morgan fingerprint density at radius 3 is 3.00 bits per heavy atom. The Morgan fingerprint density at radius 1 is 1.36 bits per heavy atom. The summed E-state index contributed by atoms with van der Waals surface area (Å²) in [7, 11) is 0. The van der Waals surface area contributed by atoms with Crippen molar-refractivity contribution in [1.29, 1.82) is 0 Å². The minimum absolute atomic E-state index is 0.132. The Balaban J connectivity index is 1.51. The number of fused-ring (bicyclic) bond motifs is 1. The number of carbonyl (C=O) groups excluding carboxylic acids is 1. The van der Waals surface area contributed by atoms with Gasteiger partial charge in [0.1, 0.15) is 5.82 Å². The molecule has 1 saturated carbocycles. The molecular formula is C16H23N5O. The van der Waals surface area contributed by atoms with Crippen molar-refractivity contribution in [3.05, 3.63) is 24.3 Å². The summed E-state index contributed by atoms with van der Waals surface area (Å²) in [5, 5.41) is 6.46. The third-order valence-corrected chi connectivity index (χ3v) is 4.22. The van der Waals surface area contributed by atoms with Gasteiger partial charge in [-0.3, -0.25) is 14.2 Å². The summed E-state index contributed by atoms with van der Waals surface area (Å²) in [6.45, 7) is 2.56. The van der Waals surface area contributed by atoms with E-state index in [2.05, 4.69) is 20.6 Å². The van der Waals surface area contributed by atoms with Gasteiger partial charge >= 0.3 is 0 Å². The van der Waals surface area contributed by atoms with Gasteiger partial charge in [-0.2, -0.15) is 0 Å². The van der Waals surface area contributed by atoms with Crippen molar-refractivity contribution >= 4 is 17.4 Å². The lowest BCUT2D eigenvalue weighted by molar-refractivity contribution is -0.121. The summed E-state index contributed by atoms with van der Waals surface area (Å²) in [6.07, 6.45) is 11.8. The van der Waals surface area contributed by atoms with Crippen LogP contribution in [0.5, 0.6) is 0 Å². The second-order valence-electron chi connectivity index (χ2n) is 5.93. The summed E-state index contributed by atoms with van der Waals surface area (Å²) in [6, 6.07) is 0.379. The second-order valence-corrected chi connectivity index (χ2v) is 5.93. The van der Waals surface area contributed by atoms with Gasteiger partial charge < -0.3 is 10.6 Å². The number of imidazole rings is 1. The van der Waals surface area contributed by atoms with Crippen molar-refractivity contribution in [2.24, 2.45) is 0 Å². The fourth-order valence-electron chi connectivity index (χ4n) is 3.08. The number of rotatable bonds is 5. The standard InChI is InChI=1S/C16H23N5O/c1-12-16(21-10-9-17-11-14(21)19-12)18-8-7-15(22)20-13-5-3-2-4-6-13/h9-11,13,18H,2-8H2,1H3,(H,20,22). The lowest BCUT2D eigenvalue weighted by atomic mass is 9.95. The SMILES string of the molecule is Cc1nc2cnccn2c1NCCC(=O)NC1CCCCC1. The molecule has 0 atom stereocenters. The molecule has 0 bridgehead atoms. The molecule has 3 rings (SSSR count). The lowest BCUT2D eigenvalue weighted by Gasteiger charge is -2.22. The Labute approximate surface area is 130 Å². The number of aryl methyl sites for hydroxylation is 1. The molecule has 0 unspecified atom stereocenters. The molecule has 0 aliphatic heterocycles. The van der Waals surface area contributed by atoms with Crippen molar-refractivity contribution in [1.82, 2.24) is 19.7 Å². The smallest absolute Gasteiger partial charge is 0.221 e. The van der Waals surface area contributed by atoms with Gasteiger partial charge in [-0.05, 0) is 19.8 Å². The highest BCUT2D eigenvalue weighted by Gasteiger charge is 2.15. The highest BCUT2D eigenvalue weighted by atomic mass is 16.1. The number of anilines is 1. The van der Waals surface area contributed by atoms with Crippen molar-refractivity contribution < 1.29 is 4.79 Å². The van der Waals surface area contributed by atoms with Gasteiger partial charge in [-0.1, -0.05) is 19.3 Å². The summed E-state index contributed by atoms with van der Waals surface area (Å²) in [4.78, 5) is 20.5. The topological polar surface area (TPSA) is 71.3 Å². The molecule has 2 aromatic heterocycles. The number of nitrogens with one attached hydrogen (secondary N) is 2. The van der Waals surface area contributed by atoms with Crippen LogP contribution in [0.2, 0.25) is 0 Å². The van der Waals surface area contributed by atoms with Gasteiger partial charge in [-0.15, -0.1) is 0 Å². The van der Waals surface area contributed by atoms with E-state index in [0.717, 1.165) is 30.0 Å². The first-order chi connectivity index (χ1) is 10.7. The van der Waals surface area contributed by atoms with E-state index in [1.54, 1.807) is 12.4 Å². The van der Waals surface area contributed by atoms with E-state index in [1.165, 1.54) is 19.3 Å². The van der Waals surface area contributed by atoms with Gasteiger partial charge in [0.25, 0.3) is 0 Å². The monoisotopic (exact) mass is 301 g/mol. The molecule has 0 radical (unpaired) electrons. The van der Waals surface area contributed by atoms with Crippen LogP contribution in [0, 0.1) is 6.92 Å². The molecule has 1 amide bonds. The maximum absolute atomic E-state index is 12.0. The Morgan fingerprint density at radius 2 is 2.18 bits per heavy atom. The molecule has 0 aromatic carbocycles. The summed E-state index contributed by atoms with van der Waals surface area (Å²) >= 11 is 0. The fraction of sp³-hybridized carbons (Fsp3) is 0.562.